The third-order valence-corrected chi connectivity index (χ3v) is 2.64. The van der Waals surface area contributed by atoms with Gasteiger partial charge in [0.1, 0.15) is 0 Å². The van der Waals surface area contributed by atoms with Crippen LogP contribution in [0.2, 0.25) is 0 Å². The van der Waals surface area contributed by atoms with Crippen LogP contribution in [-0.2, 0) is 4.79 Å². The van der Waals surface area contributed by atoms with Gasteiger partial charge in [-0.25, -0.2) is 0 Å². The molecule has 0 saturated carbocycles. The zero-order chi connectivity index (χ0) is 12.8. The summed E-state index contributed by atoms with van der Waals surface area (Å²) in [6.45, 7) is 7.11. The zero-order valence-corrected chi connectivity index (χ0v) is 10.7. The second kappa shape index (κ2) is 6.25. The summed E-state index contributed by atoms with van der Waals surface area (Å²) >= 11 is 0. The summed E-state index contributed by atoms with van der Waals surface area (Å²) in [5.74, 6) is -0.0662. The van der Waals surface area contributed by atoms with Crippen molar-refractivity contribution in [1.82, 2.24) is 0 Å². The number of benzene rings is 1. The molecule has 0 aliphatic rings. The summed E-state index contributed by atoms with van der Waals surface area (Å²) < 4.78 is 0. The number of carbonyl (C=O) groups excluding carboxylic acids is 1. The van der Waals surface area contributed by atoms with Gasteiger partial charge in [-0.3, -0.25) is 4.79 Å². The van der Waals surface area contributed by atoms with Crippen molar-refractivity contribution in [3.8, 4) is 0 Å². The molecule has 0 heterocycles. The van der Waals surface area contributed by atoms with Gasteiger partial charge in [0.15, 0.2) is 0 Å². The minimum absolute atomic E-state index is 0.0662. The van der Waals surface area contributed by atoms with Gasteiger partial charge in [0.25, 0.3) is 0 Å². The Hall–Kier alpha value is -1.55. The van der Waals surface area contributed by atoms with Gasteiger partial charge in [-0.15, -0.1) is 0 Å². The molecule has 0 aliphatic carbocycles. The fourth-order valence-electron chi connectivity index (χ4n) is 1.76. The molecule has 4 heteroatoms. The van der Waals surface area contributed by atoms with Crippen LogP contribution in [0.5, 0.6) is 0 Å². The average Bonchev–Trinajstić information content (AvgIpc) is 2.28. The smallest absolute Gasteiger partial charge is 0.221 e. The molecule has 0 aromatic heterocycles. The first-order valence-electron chi connectivity index (χ1n) is 5.82. The molecule has 94 valence electrons. The maximum absolute atomic E-state index is 11.0. The van der Waals surface area contributed by atoms with E-state index in [9.17, 15) is 4.79 Å². The third kappa shape index (κ3) is 3.75. The molecule has 0 unspecified atom stereocenters. The van der Waals surface area contributed by atoms with Crippen LogP contribution in [0.4, 0.5) is 11.4 Å². The summed E-state index contributed by atoms with van der Waals surface area (Å²) in [6.07, 6.45) is 0. The lowest BCUT2D eigenvalue weighted by Gasteiger charge is -2.23. The number of aliphatic hydroxyl groups excluding tert-OH is 1. The predicted molar refractivity (Wildman–Crippen MR) is 70.5 cm³/mol. The second-order valence-electron chi connectivity index (χ2n) is 3.98. The van der Waals surface area contributed by atoms with Gasteiger partial charge in [-0.2, -0.15) is 0 Å². The Labute approximate surface area is 102 Å². The lowest BCUT2D eigenvalue weighted by Crippen LogP contribution is -2.26. The maximum Gasteiger partial charge on any atom is 0.221 e. The quantitative estimate of drug-likeness (QED) is 0.819. The van der Waals surface area contributed by atoms with Crippen molar-refractivity contribution in [2.75, 3.05) is 29.9 Å². The Bertz CT molecular complexity index is 391. The molecule has 0 aliphatic heterocycles. The SMILES string of the molecule is CCN(CCO)c1ccc(NC(C)=O)c(C)c1. The number of aryl methyl sites for hydroxylation is 1. The third-order valence-electron chi connectivity index (χ3n) is 2.64. The Morgan fingerprint density at radius 2 is 2.18 bits per heavy atom. The molecular formula is C13H20N2O2. The highest BCUT2D eigenvalue weighted by molar-refractivity contribution is 5.89. The normalized spacial score (nSPS) is 10.1. The number of aliphatic hydroxyl groups is 1. The highest BCUT2D eigenvalue weighted by Gasteiger charge is 2.06. The number of anilines is 2. The molecule has 1 aromatic carbocycles. The number of hydrogen-bond acceptors (Lipinski definition) is 3. The largest absolute Gasteiger partial charge is 0.395 e. The Morgan fingerprint density at radius 1 is 1.47 bits per heavy atom. The highest BCUT2D eigenvalue weighted by Crippen LogP contribution is 2.22. The van der Waals surface area contributed by atoms with Gasteiger partial charge in [0.05, 0.1) is 6.61 Å². The van der Waals surface area contributed by atoms with E-state index in [0.717, 1.165) is 23.5 Å². The minimum atomic E-state index is -0.0662. The molecule has 0 radical (unpaired) electrons. The van der Waals surface area contributed by atoms with Gasteiger partial charge < -0.3 is 15.3 Å². The topological polar surface area (TPSA) is 52.6 Å². The molecule has 0 spiro atoms. The molecule has 1 amide bonds. The first kappa shape index (κ1) is 13.5. The van der Waals surface area contributed by atoms with Crippen molar-refractivity contribution < 1.29 is 9.90 Å². The Kier molecular flexibility index (Phi) is 4.97. The molecule has 1 rings (SSSR count). The highest BCUT2D eigenvalue weighted by atomic mass is 16.3. The van der Waals surface area contributed by atoms with E-state index >= 15 is 0 Å². The fraction of sp³-hybridized carbons (Fsp3) is 0.462. The number of nitrogens with one attached hydrogen (secondary N) is 1. The number of hydrogen-bond donors (Lipinski definition) is 2. The number of carbonyl (C=O) groups is 1. The van der Waals surface area contributed by atoms with Crippen LogP contribution in [0.1, 0.15) is 19.4 Å². The van der Waals surface area contributed by atoms with Crippen molar-refractivity contribution in [1.29, 1.82) is 0 Å². The number of rotatable bonds is 5. The summed E-state index contributed by atoms with van der Waals surface area (Å²) in [6, 6.07) is 5.87. The molecule has 0 atom stereocenters. The van der Waals surface area contributed by atoms with Crippen LogP contribution < -0.4 is 10.2 Å². The second-order valence-corrected chi connectivity index (χ2v) is 3.98. The van der Waals surface area contributed by atoms with E-state index < -0.39 is 0 Å². The first-order valence-corrected chi connectivity index (χ1v) is 5.82. The number of nitrogens with zero attached hydrogens (tertiary/aromatic N) is 1. The van der Waals surface area contributed by atoms with Gasteiger partial charge >= 0.3 is 0 Å². The van der Waals surface area contributed by atoms with E-state index in [1.807, 2.05) is 32.0 Å². The predicted octanol–water partition coefficient (Wildman–Crippen LogP) is 1.77. The number of likely N-dealkylation sites (N-methyl/N-ethyl adjacent to an activating group) is 1. The van der Waals surface area contributed by atoms with Crippen molar-refractivity contribution in [2.45, 2.75) is 20.8 Å². The van der Waals surface area contributed by atoms with E-state index in [4.69, 9.17) is 5.11 Å². The maximum atomic E-state index is 11.0. The molecule has 2 N–H and O–H groups in total. The Balaban J connectivity index is 2.90. The lowest BCUT2D eigenvalue weighted by atomic mass is 10.1. The first-order chi connectivity index (χ1) is 8.08. The van der Waals surface area contributed by atoms with E-state index in [0.29, 0.717) is 6.54 Å². The van der Waals surface area contributed by atoms with Crippen LogP contribution in [0.25, 0.3) is 0 Å². The summed E-state index contributed by atoms with van der Waals surface area (Å²) in [5, 5.41) is 11.8. The van der Waals surface area contributed by atoms with Crippen LogP contribution in [-0.4, -0.2) is 30.7 Å². The lowest BCUT2D eigenvalue weighted by molar-refractivity contribution is -0.114. The van der Waals surface area contributed by atoms with E-state index in [1.165, 1.54) is 6.92 Å². The molecule has 4 nitrogen and oxygen atoms in total. The standard InChI is InChI=1S/C13H20N2O2/c1-4-15(7-8-16)12-5-6-13(10(2)9-12)14-11(3)17/h5-6,9,16H,4,7-8H2,1-3H3,(H,14,17). The van der Waals surface area contributed by atoms with Crippen molar-refractivity contribution in [3.63, 3.8) is 0 Å². The van der Waals surface area contributed by atoms with Gasteiger partial charge in [0, 0.05) is 31.4 Å². The van der Waals surface area contributed by atoms with Crippen molar-refractivity contribution in [2.24, 2.45) is 0 Å². The molecule has 0 saturated heterocycles. The molecule has 0 bridgehead atoms. The van der Waals surface area contributed by atoms with Gasteiger partial charge in [0.2, 0.25) is 5.91 Å². The van der Waals surface area contributed by atoms with Gasteiger partial charge in [-0.1, -0.05) is 0 Å². The fourth-order valence-corrected chi connectivity index (χ4v) is 1.76. The minimum Gasteiger partial charge on any atom is -0.395 e. The van der Waals surface area contributed by atoms with E-state index in [-0.39, 0.29) is 12.5 Å². The molecule has 0 fully saturated rings. The summed E-state index contributed by atoms with van der Waals surface area (Å²) in [7, 11) is 0. The van der Waals surface area contributed by atoms with Gasteiger partial charge in [-0.05, 0) is 37.6 Å². The van der Waals surface area contributed by atoms with Crippen molar-refractivity contribution in [3.05, 3.63) is 23.8 Å². The van der Waals surface area contributed by atoms with E-state index in [1.54, 1.807) is 0 Å². The zero-order valence-electron chi connectivity index (χ0n) is 10.7. The van der Waals surface area contributed by atoms with Crippen LogP contribution in [0.3, 0.4) is 0 Å². The van der Waals surface area contributed by atoms with Crippen molar-refractivity contribution >= 4 is 17.3 Å². The van der Waals surface area contributed by atoms with Crippen LogP contribution in [0, 0.1) is 6.92 Å². The molecule has 1 aromatic rings. The molecular weight excluding hydrogens is 216 g/mol. The van der Waals surface area contributed by atoms with Crippen LogP contribution >= 0.6 is 0 Å². The van der Waals surface area contributed by atoms with Crippen LogP contribution in [0.15, 0.2) is 18.2 Å². The summed E-state index contributed by atoms with van der Waals surface area (Å²) in [5.41, 5.74) is 2.92. The number of amides is 1. The summed E-state index contributed by atoms with van der Waals surface area (Å²) in [4.78, 5) is 13.1. The average molecular weight is 236 g/mol. The van der Waals surface area contributed by atoms with E-state index in [2.05, 4.69) is 10.2 Å². The molecule has 17 heavy (non-hydrogen) atoms. The Morgan fingerprint density at radius 3 is 2.65 bits per heavy atom. The monoisotopic (exact) mass is 236 g/mol.